The maximum Gasteiger partial charge on any atom is 0.152 e. The first kappa shape index (κ1) is 12.9. The van der Waals surface area contributed by atoms with Gasteiger partial charge < -0.3 is 10.5 Å². The molecule has 0 spiro atoms. The fraction of sp³-hybridized carbons (Fsp3) is 0.133. The van der Waals surface area contributed by atoms with Crippen LogP contribution in [-0.2, 0) is 0 Å². The SMILES string of the molecule is Cc1nc2cc(Oc3ccc(F)cc3C)c(N)cc2s1. The summed E-state index contributed by atoms with van der Waals surface area (Å²) in [7, 11) is 0. The van der Waals surface area contributed by atoms with E-state index in [-0.39, 0.29) is 5.82 Å². The molecule has 0 aliphatic rings. The van der Waals surface area contributed by atoms with Gasteiger partial charge in [-0.1, -0.05) is 0 Å². The van der Waals surface area contributed by atoms with Crippen molar-refractivity contribution in [1.29, 1.82) is 0 Å². The van der Waals surface area contributed by atoms with Crippen molar-refractivity contribution in [3.63, 3.8) is 0 Å². The zero-order chi connectivity index (χ0) is 14.3. The second-order valence-corrected chi connectivity index (χ2v) is 5.84. The van der Waals surface area contributed by atoms with E-state index in [0.29, 0.717) is 17.2 Å². The van der Waals surface area contributed by atoms with E-state index < -0.39 is 0 Å². The van der Waals surface area contributed by atoms with Gasteiger partial charge in [-0.05, 0) is 43.7 Å². The standard InChI is InChI=1S/C15H13FN2OS/c1-8-5-10(16)3-4-13(8)19-14-7-12-15(6-11(14)17)20-9(2)18-12/h3-7H,17H2,1-2H3. The first-order chi connectivity index (χ1) is 9.52. The molecule has 0 saturated heterocycles. The number of nitrogens with two attached hydrogens (primary N) is 1. The molecule has 1 aromatic heterocycles. The molecule has 20 heavy (non-hydrogen) atoms. The lowest BCUT2D eigenvalue weighted by atomic mass is 10.2. The summed E-state index contributed by atoms with van der Waals surface area (Å²) < 4.78 is 19.9. The van der Waals surface area contributed by atoms with E-state index in [9.17, 15) is 4.39 Å². The van der Waals surface area contributed by atoms with Crippen molar-refractivity contribution < 1.29 is 9.13 Å². The normalized spacial score (nSPS) is 10.9. The Balaban J connectivity index is 2.03. The maximum absolute atomic E-state index is 13.1. The minimum Gasteiger partial charge on any atom is -0.455 e. The molecule has 0 aliphatic carbocycles. The molecule has 3 aromatic rings. The number of nitrogens with zero attached hydrogens (tertiary/aromatic N) is 1. The average molecular weight is 288 g/mol. The van der Waals surface area contributed by atoms with Crippen LogP contribution in [-0.4, -0.2) is 4.98 Å². The molecule has 0 saturated carbocycles. The zero-order valence-corrected chi connectivity index (χ0v) is 11.9. The van der Waals surface area contributed by atoms with Gasteiger partial charge in [-0.3, -0.25) is 0 Å². The molecule has 0 atom stereocenters. The van der Waals surface area contributed by atoms with Crippen LogP contribution >= 0.6 is 11.3 Å². The number of thiazole rings is 1. The lowest BCUT2D eigenvalue weighted by Gasteiger charge is -2.10. The second-order valence-electron chi connectivity index (χ2n) is 4.60. The number of anilines is 1. The lowest BCUT2D eigenvalue weighted by Crippen LogP contribution is -1.94. The molecule has 102 valence electrons. The molecule has 3 rings (SSSR count). The Morgan fingerprint density at radius 2 is 1.95 bits per heavy atom. The van der Waals surface area contributed by atoms with Crippen LogP contribution in [0.4, 0.5) is 10.1 Å². The number of nitrogen functional groups attached to an aromatic ring is 1. The minimum atomic E-state index is -0.284. The molecule has 2 aromatic carbocycles. The van der Waals surface area contributed by atoms with E-state index in [4.69, 9.17) is 10.5 Å². The highest BCUT2D eigenvalue weighted by atomic mass is 32.1. The Hall–Kier alpha value is -2.14. The largest absolute Gasteiger partial charge is 0.455 e. The fourth-order valence-corrected chi connectivity index (χ4v) is 2.88. The van der Waals surface area contributed by atoms with Crippen LogP contribution in [0.15, 0.2) is 30.3 Å². The van der Waals surface area contributed by atoms with E-state index in [1.165, 1.54) is 12.1 Å². The molecule has 1 heterocycles. The fourth-order valence-electron chi connectivity index (χ4n) is 2.02. The van der Waals surface area contributed by atoms with Gasteiger partial charge in [-0.25, -0.2) is 9.37 Å². The van der Waals surface area contributed by atoms with Gasteiger partial charge in [0.05, 0.1) is 20.9 Å². The summed E-state index contributed by atoms with van der Waals surface area (Å²) in [5, 5.41) is 0.981. The highest BCUT2D eigenvalue weighted by molar-refractivity contribution is 7.18. The Bertz CT molecular complexity index is 798. The van der Waals surface area contributed by atoms with Crippen molar-refractivity contribution in [3.8, 4) is 11.5 Å². The van der Waals surface area contributed by atoms with Crippen molar-refractivity contribution in [1.82, 2.24) is 4.98 Å². The van der Waals surface area contributed by atoms with E-state index in [2.05, 4.69) is 4.98 Å². The number of fused-ring (bicyclic) bond motifs is 1. The van der Waals surface area contributed by atoms with Gasteiger partial charge in [0.2, 0.25) is 0 Å². The quantitative estimate of drug-likeness (QED) is 0.710. The number of rotatable bonds is 2. The van der Waals surface area contributed by atoms with Crippen LogP contribution in [0.1, 0.15) is 10.6 Å². The Morgan fingerprint density at radius 3 is 2.70 bits per heavy atom. The van der Waals surface area contributed by atoms with E-state index >= 15 is 0 Å². The average Bonchev–Trinajstić information content (AvgIpc) is 2.72. The van der Waals surface area contributed by atoms with Gasteiger partial charge in [0, 0.05) is 6.07 Å². The van der Waals surface area contributed by atoms with Gasteiger partial charge in [-0.2, -0.15) is 0 Å². The summed E-state index contributed by atoms with van der Waals surface area (Å²) in [6.07, 6.45) is 0. The molecule has 3 nitrogen and oxygen atoms in total. The van der Waals surface area contributed by atoms with Crippen LogP contribution in [0.3, 0.4) is 0 Å². The predicted octanol–water partition coefficient (Wildman–Crippen LogP) is 4.43. The van der Waals surface area contributed by atoms with Gasteiger partial charge >= 0.3 is 0 Å². The number of ether oxygens (including phenoxy) is 1. The zero-order valence-electron chi connectivity index (χ0n) is 11.1. The second kappa shape index (κ2) is 4.76. The van der Waals surface area contributed by atoms with Gasteiger partial charge in [0.25, 0.3) is 0 Å². The minimum absolute atomic E-state index is 0.284. The molecular weight excluding hydrogens is 275 g/mol. The molecular formula is C15H13FN2OS. The molecule has 0 radical (unpaired) electrons. The molecule has 0 amide bonds. The number of hydrogen-bond donors (Lipinski definition) is 1. The van der Waals surface area contributed by atoms with Crippen LogP contribution < -0.4 is 10.5 Å². The van der Waals surface area contributed by atoms with E-state index in [1.54, 1.807) is 24.3 Å². The summed E-state index contributed by atoms with van der Waals surface area (Å²) in [5.41, 5.74) is 8.13. The van der Waals surface area contributed by atoms with Crippen molar-refractivity contribution in [2.75, 3.05) is 5.73 Å². The van der Waals surface area contributed by atoms with Crippen LogP contribution in [0, 0.1) is 19.7 Å². The number of benzene rings is 2. The maximum atomic E-state index is 13.1. The predicted molar refractivity (Wildman–Crippen MR) is 80.0 cm³/mol. The molecule has 0 aliphatic heterocycles. The topological polar surface area (TPSA) is 48.1 Å². The molecule has 0 unspecified atom stereocenters. The van der Waals surface area contributed by atoms with Gasteiger partial charge in [0.15, 0.2) is 5.75 Å². The van der Waals surface area contributed by atoms with Crippen molar-refractivity contribution >= 4 is 27.2 Å². The lowest BCUT2D eigenvalue weighted by molar-refractivity contribution is 0.479. The molecule has 2 N–H and O–H groups in total. The smallest absolute Gasteiger partial charge is 0.152 e. The highest BCUT2D eigenvalue weighted by Gasteiger charge is 2.10. The number of hydrogen-bond acceptors (Lipinski definition) is 4. The van der Waals surface area contributed by atoms with Crippen molar-refractivity contribution in [3.05, 3.63) is 46.7 Å². The molecule has 5 heteroatoms. The summed E-state index contributed by atoms with van der Waals surface area (Å²) >= 11 is 1.59. The van der Waals surface area contributed by atoms with Crippen LogP contribution in [0.25, 0.3) is 10.2 Å². The first-order valence-electron chi connectivity index (χ1n) is 6.13. The van der Waals surface area contributed by atoms with Crippen LogP contribution in [0.5, 0.6) is 11.5 Å². The summed E-state index contributed by atoms with van der Waals surface area (Å²) in [5.74, 6) is 0.843. The number of aryl methyl sites for hydroxylation is 2. The third-order valence-corrected chi connectivity index (χ3v) is 3.92. The first-order valence-corrected chi connectivity index (χ1v) is 6.95. The Kier molecular flexibility index (Phi) is 3.06. The van der Waals surface area contributed by atoms with E-state index in [1.807, 2.05) is 19.1 Å². The molecule has 0 fully saturated rings. The highest BCUT2D eigenvalue weighted by Crippen LogP contribution is 2.35. The number of aromatic nitrogens is 1. The Morgan fingerprint density at radius 1 is 1.15 bits per heavy atom. The summed E-state index contributed by atoms with van der Waals surface area (Å²) in [4.78, 5) is 4.42. The van der Waals surface area contributed by atoms with Gasteiger partial charge in [0.1, 0.15) is 11.6 Å². The van der Waals surface area contributed by atoms with E-state index in [0.717, 1.165) is 20.8 Å². The van der Waals surface area contributed by atoms with Gasteiger partial charge in [-0.15, -0.1) is 11.3 Å². The Labute approximate surface area is 119 Å². The van der Waals surface area contributed by atoms with Crippen molar-refractivity contribution in [2.45, 2.75) is 13.8 Å². The van der Waals surface area contributed by atoms with Crippen molar-refractivity contribution in [2.24, 2.45) is 0 Å². The summed E-state index contributed by atoms with van der Waals surface area (Å²) in [6.45, 7) is 3.74. The third-order valence-electron chi connectivity index (χ3n) is 2.98. The molecule has 0 bridgehead atoms. The number of halogens is 1. The third kappa shape index (κ3) is 2.32. The van der Waals surface area contributed by atoms with Crippen LogP contribution in [0.2, 0.25) is 0 Å². The summed E-state index contributed by atoms with van der Waals surface area (Å²) in [6, 6.07) is 8.06. The monoisotopic (exact) mass is 288 g/mol.